The smallest absolute Gasteiger partial charge is 0.152 e. The van der Waals surface area contributed by atoms with Gasteiger partial charge < -0.3 is 5.32 Å². The van der Waals surface area contributed by atoms with Crippen LogP contribution in [0.15, 0.2) is 18.2 Å². The summed E-state index contributed by atoms with van der Waals surface area (Å²) in [5.74, 6) is -1.21. The van der Waals surface area contributed by atoms with Crippen molar-refractivity contribution < 1.29 is 8.78 Å². The van der Waals surface area contributed by atoms with Crippen molar-refractivity contribution in [1.82, 2.24) is 15.1 Å². The van der Waals surface area contributed by atoms with E-state index in [1.807, 2.05) is 0 Å². The van der Waals surface area contributed by atoms with Gasteiger partial charge in [0.15, 0.2) is 11.6 Å². The molecule has 1 heterocycles. The average Bonchev–Trinajstić information content (AvgIpc) is 2.57. The van der Waals surface area contributed by atoms with Gasteiger partial charge in [-0.05, 0) is 44.7 Å². The first kappa shape index (κ1) is 12.7. The fraction of sp³-hybridized carbons (Fsp3) is 0.308. The summed E-state index contributed by atoms with van der Waals surface area (Å²) in [6, 6.07) is 4.43. The molecule has 0 aliphatic carbocycles. The molecule has 5 heteroatoms. The fourth-order valence-electron chi connectivity index (χ4n) is 1.98. The van der Waals surface area contributed by atoms with Gasteiger partial charge >= 0.3 is 0 Å². The lowest BCUT2D eigenvalue weighted by Crippen LogP contribution is -2.10. The van der Waals surface area contributed by atoms with Crippen LogP contribution >= 0.6 is 0 Å². The van der Waals surface area contributed by atoms with Crippen LogP contribution in [0.1, 0.15) is 17.0 Å². The Hall–Kier alpha value is -1.75. The van der Waals surface area contributed by atoms with Gasteiger partial charge in [0, 0.05) is 12.2 Å². The summed E-state index contributed by atoms with van der Waals surface area (Å²) < 4.78 is 29.3. The summed E-state index contributed by atoms with van der Waals surface area (Å²) in [5, 5.41) is 6.96. The molecule has 0 aliphatic heterocycles. The highest BCUT2D eigenvalue weighted by atomic mass is 19.1. The highest BCUT2D eigenvalue weighted by Gasteiger charge is 2.15. The van der Waals surface area contributed by atoms with E-state index in [0.717, 1.165) is 5.69 Å². The fourth-order valence-corrected chi connectivity index (χ4v) is 1.98. The minimum atomic E-state index is -0.605. The van der Waals surface area contributed by atoms with Gasteiger partial charge in [-0.25, -0.2) is 13.5 Å². The van der Waals surface area contributed by atoms with Gasteiger partial charge in [0.05, 0.1) is 5.69 Å². The minimum absolute atomic E-state index is 0.125. The van der Waals surface area contributed by atoms with Crippen molar-refractivity contribution in [3.05, 3.63) is 46.8 Å². The summed E-state index contributed by atoms with van der Waals surface area (Å²) in [4.78, 5) is 0. The first-order valence-electron chi connectivity index (χ1n) is 5.69. The third-order valence-electron chi connectivity index (χ3n) is 2.68. The molecule has 0 atom stereocenters. The van der Waals surface area contributed by atoms with Crippen LogP contribution in [0.2, 0.25) is 0 Å². The molecule has 0 radical (unpaired) electrons. The second-order valence-corrected chi connectivity index (χ2v) is 4.28. The molecule has 0 unspecified atom stereocenters. The molecule has 0 fully saturated rings. The number of aromatic nitrogens is 2. The topological polar surface area (TPSA) is 29.9 Å². The summed E-state index contributed by atoms with van der Waals surface area (Å²) >= 11 is 0. The number of nitrogens with one attached hydrogen (secondary N) is 1. The normalized spacial score (nSPS) is 10.9. The molecule has 96 valence electrons. The first-order chi connectivity index (χ1) is 8.52. The molecule has 2 aromatic rings. The number of nitrogens with zero attached hydrogens (tertiary/aromatic N) is 2. The number of hydrogen-bond donors (Lipinski definition) is 1. The molecule has 0 saturated carbocycles. The predicted molar refractivity (Wildman–Crippen MR) is 65.7 cm³/mol. The number of benzene rings is 1. The molecule has 18 heavy (non-hydrogen) atoms. The lowest BCUT2D eigenvalue weighted by molar-refractivity contribution is 0.552. The monoisotopic (exact) mass is 251 g/mol. The Kier molecular flexibility index (Phi) is 3.43. The number of aryl methyl sites for hydroxylation is 2. The van der Waals surface area contributed by atoms with Crippen molar-refractivity contribution >= 4 is 0 Å². The van der Waals surface area contributed by atoms with Crippen LogP contribution in [0.5, 0.6) is 0 Å². The van der Waals surface area contributed by atoms with Crippen LogP contribution in [-0.4, -0.2) is 16.8 Å². The highest BCUT2D eigenvalue weighted by molar-refractivity contribution is 5.39. The van der Waals surface area contributed by atoms with Gasteiger partial charge in [-0.1, -0.05) is 0 Å². The molecule has 0 amide bonds. The van der Waals surface area contributed by atoms with Crippen molar-refractivity contribution in [2.45, 2.75) is 20.4 Å². The van der Waals surface area contributed by atoms with E-state index in [1.54, 1.807) is 27.0 Å². The maximum absolute atomic E-state index is 14.0. The molecule has 0 bridgehead atoms. The Morgan fingerprint density at radius 2 is 1.78 bits per heavy atom. The van der Waals surface area contributed by atoms with Gasteiger partial charge in [0.25, 0.3) is 0 Å². The molecule has 0 saturated heterocycles. The Bertz CT molecular complexity index is 553. The molecule has 1 aromatic heterocycles. The maximum Gasteiger partial charge on any atom is 0.152 e. The second kappa shape index (κ2) is 4.86. The van der Waals surface area contributed by atoms with Gasteiger partial charge in [-0.2, -0.15) is 5.10 Å². The summed E-state index contributed by atoms with van der Waals surface area (Å²) in [7, 11) is 1.73. The van der Waals surface area contributed by atoms with Crippen molar-refractivity contribution in [3.63, 3.8) is 0 Å². The second-order valence-electron chi connectivity index (χ2n) is 4.28. The summed E-state index contributed by atoms with van der Waals surface area (Å²) in [6.07, 6.45) is 0. The van der Waals surface area contributed by atoms with Crippen molar-refractivity contribution in [2.24, 2.45) is 0 Å². The molecular formula is C13H15F2N3. The standard InChI is InChI=1S/C13H15F2N3/c1-8-4-9(2)18(17-8)13-11(14)5-10(7-16-3)6-12(13)15/h4-6,16H,7H2,1-3H3. The van der Waals surface area contributed by atoms with Gasteiger partial charge in [0.2, 0.25) is 0 Å². The molecule has 1 N–H and O–H groups in total. The van der Waals surface area contributed by atoms with Crippen LogP contribution in [0.3, 0.4) is 0 Å². The van der Waals surface area contributed by atoms with Crippen molar-refractivity contribution in [3.8, 4) is 5.69 Å². The Morgan fingerprint density at radius 1 is 1.17 bits per heavy atom. The van der Waals surface area contributed by atoms with E-state index in [4.69, 9.17) is 0 Å². The largest absolute Gasteiger partial charge is 0.316 e. The lowest BCUT2D eigenvalue weighted by Gasteiger charge is -2.09. The molecule has 0 aliphatic rings. The Labute approximate surface area is 104 Å². The third kappa shape index (κ3) is 2.26. The van der Waals surface area contributed by atoms with E-state index in [1.165, 1.54) is 16.8 Å². The van der Waals surface area contributed by atoms with Crippen LogP contribution in [0.25, 0.3) is 5.69 Å². The zero-order valence-electron chi connectivity index (χ0n) is 10.6. The zero-order chi connectivity index (χ0) is 13.3. The minimum Gasteiger partial charge on any atom is -0.316 e. The lowest BCUT2D eigenvalue weighted by atomic mass is 10.2. The maximum atomic E-state index is 14.0. The molecule has 1 aromatic carbocycles. The van der Waals surface area contributed by atoms with E-state index < -0.39 is 11.6 Å². The van der Waals surface area contributed by atoms with Crippen LogP contribution < -0.4 is 5.32 Å². The highest BCUT2D eigenvalue weighted by Crippen LogP contribution is 2.21. The predicted octanol–water partition coefficient (Wildman–Crippen LogP) is 2.49. The molecule has 0 spiro atoms. The molecular weight excluding hydrogens is 236 g/mol. The summed E-state index contributed by atoms with van der Waals surface area (Å²) in [5.41, 5.74) is 1.87. The van der Waals surface area contributed by atoms with E-state index in [-0.39, 0.29) is 5.69 Å². The van der Waals surface area contributed by atoms with Crippen molar-refractivity contribution in [1.29, 1.82) is 0 Å². The Balaban J connectivity index is 2.55. The molecule has 3 nitrogen and oxygen atoms in total. The van der Waals surface area contributed by atoms with E-state index >= 15 is 0 Å². The van der Waals surface area contributed by atoms with Gasteiger partial charge in [-0.3, -0.25) is 0 Å². The zero-order valence-corrected chi connectivity index (χ0v) is 10.6. The quantitative estimate of drug-likeness (QED) is 0.908. The first-order valence-corrected chi connectivity index (χ1v) is 5.69. The number of halogens is 2. The van der Waals surface area contributed by atoms with Crippen LogP contribution in [0, 0.1) is 25.5 Å². The summed E-state index contributed by atoms with van der Waals surface area (Å²) in [6.45, 7) is 3.97. The van der Waals surface area contributed by atoms with E-state index in [0.29, 0.717) is 17.8 Å². The number of rotatable bonds is 3. The average molecular weight is 251 g/mol. The van der Waals surface area contributed by atoms with Crippen molar-refractivity contribution in [2.75, 3.05) is 7.05 Å². The third-order valence-corrected chi connectivity index (χ3v) is 2.68. The van der Waals surface area contributed by atoms with E-state index in [2.05, 4.69) is 10.4 Å². The van der Waals surface area contributed by atoms with Gasteiger partial charge in [0.1, 0.15) is 5.69 Å². The van der Waals surface area contributed by atoms with Crippen LogP contribution in [0.4, 0.5) is 8.78 Å². The number of hydrogen-bond acceptors (Lipinski definition) is 2. The van der Waals surface area contributed by atoms with E-state index in [9.17, 15) is 8.78 Å². The SMILES string of the molecule is CNCc1cc(F)c(-n2nc(C)cc2C)c(F)c1. The Morgan fingerprint density at radius 3 is 2.22 bits per heavy atom. The van der Waals surface area contributed by atoms with Gasteiger partial charge in [-0.15, -0.1) is 0 Å². The van der Waals surface area contributed by atoms with Crippen LogP contribution in [-0.2, 0) is 6.54 Å². The molecule has 2 rings (SSSR count).